The summed E-state index contributed by atoms with van der Waals surface area (Å²) in [5.41, 5.74) is 4.77. The molecule has 0 radical (unpaired) electrons. The first kappa shape index (κ1) is 21.2. The molecule has 3 aliphatic rings. The quantitative estimate of drug-likeness (QED) is 0.721. The highest BCUT2D eigenvalue weighted by Gasteiger charge is 2.29. The van der Waals surface area contributed by atoms with Crippen LogP contribution in [0.1, 0.15) is 33.6 Å². The third-order valence-corrected chi connectivity index (χ3v) is 6.73. The standard InChI is InChI=1S/C24H27ClN4O3/c1-16-14-29(15-19-18-13-17(25)4-5-20(18)26-23(19)30)21-3-2-6-28(24(31)22(16)21)8-7-27-9-11-32-12-10-27/h4-5,13-15H,2-3,6-12H2,1H3,(H,26,30). The van der Waals surface area contributed by atoms with E-state index in [9.17, 15) is 9.59 Å². The first-order valence-corrected chi connectivity index (χ1v) is 11.5. The van der Waals surface area contributed by atoms with Crippen molar-refractivity contribution in [2.75, 3.05) is 51.3 Å². The summed E-state index contributed by atoms with van der Waals surface area (Å²) in [5.74, 6) is -0.0748. The van der Waals surface area contributed by atoms with Crippen LogP contribution in [0.4, 0.5) is 5.69 Å². The van der Waals surface area contributed by atoms with Gasteiger partial charge in [-0.1, -0.05) is 11.6 Å². The number of morpholine rings is 1. The monoisotopic (exact) mass is 454 g/mol. The van der Waals surface area contributed by atoms with Gasteiger partial charge in [0.25, 0.3) is 11.8 Å². The third kappa shape index (κ3) is 3.96. The molecule has 2 aromatic rings. The van der Waals surface area contributed by atoms with E-state index in [1.54, 1.807) is 12.1 Å². The second-order valence-electron chi connectivity index (χ2n) is 8.58. The smallest absolute Gasteiger partial charge is 0.257 e. The number of amides is 2. The van der Waals surface area contributed by atoms with Crippen molar-refractivity contribution in [3.63, 3.8) is 0 Å². The maximum Gasteiger partial charge on any atom is 0.257 e. The van der Waals surface area contributed by atoms with Crippen LogP contribution in [-0.2, 0) is 16.0 Å². The number of rotatable bonds is 4. The fourth-order valence-electron chi connectivity index (χ4n) is 4.79. The lowest BCUT2D eigenvalue weighted by Crippen LogP contribution is -2.43. The Hall–Kier alpha value is -2.61. The summed E-state index contributed by atoms with van der Waals surface area (Å²) in [6.07, 6.45) is 5.47. The molecule has 1 aromatic carbocycles. The molecule has 5 rings (SSSR count). The van der Waals surface area contributed by atoms with Crippen LogP contribution in [0.3, 0.4) is 0 Å². The molecule has 1 saturated heterocycles. The van der Waals surface area contributed by atoms with Crippen LogP contribution in [0.5, 0.6) is 0 Å². The minimum atomic E-state index is -0.158. The highest BCUT2D eigenvalue weighted by atomic mass is 35.5. The molecule has 4 heterocycles. The van der Waals surface area contributed by atoms with Gasteiger partial charge >= 0.3 is 0 Å². The van der Waals surface area contributed by atoms with Gasteiger partial charge < -0.3 is 19.5 Å². The lowest BCUT2D eigenvalue weighted by atomic mass is 10.1. The Kier molecular flexibility index (Phi) is 5.80. The van der Waals surface area contributed by atoms with E-state index in [1.165, 1.54) is 0 Å². The number of aryl methyl sites for hydroxylation is 1. The Labute approximate surface area is 192 Å². The third-order valence-electron chi connectivity index (χ3n) is 6.49. The Bertz CT molecular complexity index is 1100. The Morgan fingerprint density at radius 2 is 1.97 bits per heavy atom. The van der Waals surface area contributed by atoms with E-state index in [0.717, 1.165) is 86.9 Å². The molecular formula is C24H27ClN4O3. The van der Waals surface area contributed by atoms with Gasteiger partial charge in [-0.3, -0.25) is 14.5 Å². The van der Waals surface area contributed by atoms with Crippen molar-refractivity contribution >= 4 is 40.9 Å². The van der Waals surface area contributed by atoms with E-state index in [-0.39, 0.29) is 11.8 Å². The number of aromatic nitrogens is 1. The lowest BCUT2D eigenvalue weighted by Gasteiger charge is -2.29. The van der Waals surface area contributed by atoms with Gasteiger partial charge in [-0.05, 0) is 43.5 Å². The van der Waals surface area contributed by atoms with Gasteiger partial charge in [0, 0.05) is 67.1 Å². The first-order chi connectivity index (χ1) is 15.5. The first-order valence-electron chi connectivity index (χ1n) is 11.1. The van der Waals surface area contributed by atoms with E-state index in [0.29, 0.717) is 10.6 Å². The second kappa shape index (κ2) is 8.73. The molecule has 1 aromatic heterocycles. The molecule has 2 amide bonds. The van der Waals surface area contributed by atoms with Gasteiger partial charge in [0.2, 0.25) is 0 Å². The summed E-state index contributed by atoms with van der Waals surface area (Å²) in [6, 6.07) is 5.38. The Morgan fingerprint density at radius 3 is 2.78 bits per heavy atom. The number of fused-ring (bicyclic) bond motifs is 2. The Balaban J connectivity index is 1.42. The highest BCUT2D eigenvalue weighted by molar-refractivity contribution is 6.36. The summed E-state index contributed by atoms with van der Waals surface area (Å²) in [7, 11) is 0. The largest absolute Gasteiger partial charge is 0.379 e. The van der Waals surface area contributed by atoms with Crippen molar-refractivity contribution in [3.05, 3.63) is 51.8 Å². The predicted octanol–water partition coefficient (Wildman–Crippen LogP) is 3.12. The molecule has 1 N–H and O–H groups in total. The van der Waals surface area contributed by atoms with Gasteiger partial charge in [0.05, 0.1) is 24.4 Å². The number of hydrogen-bond donors (Lipinski definition) is 1. The number of benzene rings is 1. The predicted molar refractivity (Wildman–Crippen MR) is 125 cm³/mol. The summed E-state index contributed by atoms with van der Waals surface area (Å²) in [4.78, 5) is 30.4. The van der Waals surface area contributed by atoms with Crippen LogP contribution in [0.25, 0.3) is 11.8 Å². The molecule has 0 aliphatic carbocycles. The summed E-state index contributed by atoms with van der Waals surface area (Å²) in [5, 5.41) is 3.47. The zero-order valence-corrected chi connectivity index (χ0v) is 19.0. The van der Waals surface area contributed by atoms with Crippen LogP contribution in [0, 0.1) is 6.92 Å². The molecule has 3 aliphatic heterocycles. The number of nitrogens with one attached hydrogen (secondary N) is 1. The van der Waals surface area contributed by atoms with E-state index in [2.05, 4.69) is 10.2 Å². The summed E-state index contributed by atoms with van der Waals surface area (Å²) in [6.45, 7) is 7.66. The number of carbonyl (C=O) groups excluding carboxylic acids is 2. The van der Waals surface area contributed by atoms with Gasteiger partial charge in [0.1, 0.15) is 0 Å². The number of nitrogens with zero attached hydrogens (tertiary/aromatic N) is 3. The topological polar surface area (TPSA) is 66.8 Å². The maximum atomic E-state index is 13.4. The minimum Gasteiger partial charge on any atom is -0.379 e. The van der Waals surface area contributed by atoms with Gasteiger partial charge in [0.15, 0.2) is 0 Å². The van der Waals surface area contributed by atoms with E-state index < -0.39 is 0 Å². The molecule has 1 fully saturated rings. The number of carbonyl (C=O) groups is 2. The van der Waals surface area contributed by atoms with Crippen LogP contribution >= 0.6 is 11.6 Å². The van der Waals surface area contributed by atoms with Crippen molar-refractivity contribution in [3.8, 4) is 0 Å². The van der Waals surface area contributed by atoms with Crippen molar-refractivity contribution in [2.45, 2.75) is 19.8 Å². The minimum absolute atomic E-state index is 0.0831. The van der Waals surface area contributed by atoms with Crippen LogP contribution in [-0.4, -0.2) is 72.1 Å². The van der Waals surface area contributed by atoms with Gasteiger partial charge in [-0.25, -0.2) is 0 Å². The average molecular weight is 455 g/mol. The van der Waals surface area contributed by atoms with E-state index in [4.69, 9.17) is 16.3 Å². The Morgan fingerprint density at radius 1 is 1.16 bits per heavy atom. The summed E-state index contributed by atoms with van der Waals surface area (Å²) >= 11 is 6.17. The molecule has 168 valence electrons. The highest BCUT2D eigenvalue weighted by Crippen LogP contribution is 2.35. The van der Waals surface area contributed by atoms with Crippen LogP contribution in [0.15, 0.2) is 24.4 Å². The fraction of sp³-hybridized carbons (Fsp3) is 0.417. The maximum absolute atomic E-state index is 13.4. The van der Waals surface area contributed by atoms with Crippen molar-refractivity contribution in [1.82, 2.24) is 14.4 Å². The lowest BCUT2D eigenvalue weighted by molar-refractivity contribution is -0.110. The molecule has 32 heavy (non-hydrogen) atoms. The SMILES string of the molecule is Cc1cn(C=C2C(=O)Nc3ccc(Cl)cc32)c2c1C(=O)N(CCN1CCOCC1)CCC2. The number of ether oxygens (including phenoxy) is 1. The van der Waals surface area contributed by atoms with Crippen molar-refractivity contribution in [2.24, 2.45) is 0 Å². The average Bonchev–Trinajstić information content (AvgIpc) is 3.19. The van der Waals surface area contributed by atoms with E-state index in [1.807, 2.05) is 34.9 Å². The second-order valence-corrected chi connectivity index (χ2v) is 9.01. The molecule has 0 bridgehead atoms. The molecule has 7 nitrogen and oxygen atoms in total. The molecular weight excluding hydrogens is 428 g/mol. The zero-order chi connectivity index (χ0) is 22.2. The van der Waals surface area contributed by atoms with Crippen molar-refractivity contribution < 1.29 is 14.3 Å². The number of hydrogen-bond acceptors (Lipinski definition) is 4. The van der Waals surface area contributed by atoms with Gasteiger partial charge in [-0.2, -0.15) is 0 Å². The van der Waals surface area contributed by atoms with Gasteiger partial charge in [-0.15, -0.1) is 0 Å². The van der Waals surface area contributed by atoms with Crippen molar-refractivity contribution in [1.29, 1.82) is 0 Å². The van der Waals surface area contributed by atoms with E-state index >= 15 is 0 Å². The molecule has 0 atom stereocenters. The summed E-state index contributed by atoms with van der Waals surface area (Å²) < 4.78 is 7.38. The fourth-order valence-corrected chi connectivity index (χ4v) is 4.97. The van der Waals surface area contributed by atoms with Crippen LogP contribution < -0.4 is 5.32 Å². The molecule has 8 heteroatoms. The molecule has 0 spiro atoms. The van der Waals surface area contributed by atoms with Crippen LogP contribution in [0.2, 0.25) is 5.02 Å². The number of anilines is 1. The zero-order valence-electron chi connectivity index (χ0n) is 18.2. The number of halogens is 1. The normalized spacial score (nSPS) is 20.3. The molecule has 0 unspecified atom stereocenters. The molecule has 0 saturated carbocycles.